The third-order valence-electron chi connectivity index (χ3n) is 4.37. The molecule has 140 valence electrons. The Morgan fingerprint density at radius 3 is 3.04 bits per heavy atom. The minimum absolute atomic E-state index is 0.0136. The van der Waals surface area contributed by atoms with Gasteiger partial charge in [-0.15, -0.1) is 0 Å². The van der Waals surface area contributed by atoms with E-state index < -0.39 is 0 Å². The monoisotopic (exact) mass is 377 g/mol. The molecule has 2 amide bonds. The molecule has 0 spiro atoms. The Hall–Kier alpha value is -2.19. The number of aromatic nitrogens is 1. The number of ether oxygens (including phenoxy) is 2. The van der Waals surface area contributed by atoms with E-state index in [1.165, 1.54) is 11.3 Å². The van der Waals surface area contributed by atoms with Crippen molar-refractivity contribution < 1.29 is 19.1 Å². The zero-order valence-corrected chi connectivity index (χ0v) is 16.0. The van der Waals surface area contributed by atoms with Crippen LogP contribution in [0, 0.1) is 5.92 Å². The molecule has 7 nitrogen and oxygen atoms in total. The van der Waals surface area contributed by atoms with Crippen LogP contribution in [-0.4, -0.2) is 54.6 Å². The number of likely N-dealkylation sites (tertiary alicyclic amines) is 1. The molecule has 0 saturated carbocycles. The highest BCUT2D eigenvalue weighted by molar-refractivity contribution is 7.22. The topological polar surface area (TPSA) is 80.8 Å². The predicted molar refractivity (Wildman–Crippen MR) is 101 cm³/mol. The van der Waals surface area contributed by atoms with Gasteiger partial charge in [-0.2, -0.15) is 0 Å². The molecule has 3 rings (SSSR count). The number of amides is 2. The van der Waals surface area contributed by atoms with Crippen LogP contribution in [0.1, 0.15) is 20.3 Å². The first-order valence-electron chi connectivity index (χ1n) is 8.64. The summed E-state index contributed by atoms with van der Waals surface area (Å²) in [5.74, 6) is 0.230. The summed E-state index contributed by atoms with van der Waals surface area (Å²) in [6, 6.07) is 5.62. The minimum atomic E-state index is -0.368. The van der Waals surface area contributed by atoms with E-state index in [1.54, 1.807) is 12.0 Å². The molecule has 8 heteroatoms. The van der Waals surface area contributed by atoms with Crippen molar-refractivity contribution in [2.24, 2.45) is 5.92 Å². The van der Waals surface area contributed by atoms with Gasteiger partial charge in [-0.3, -0.25) is 9.59 Å². The maximum atomic E-state index is 12.6. The van der Waals surface area contributed by atoms with E-state index in [2.05, 4.69) is 10.3 Å². The molecule has 1 saturated heterocycles. The molecular weight excluding hydrogens is 354 g/mol. The lowest BCUT2D eigenvalue weighted by Crippen LogP contribution is -2.38. The van der Waals surface area contributed by atoms with Gasteiger partial charge in [-0.05, 0) is 32.0 Å². The van der Waals surface area contributed by atoms with Gasteiger partial charge < -0.3 is 19.7 Å². The predicted octanol–water partition coefficient (Wildman–Crippen LogP) is 2.52. The number of nitrogens with one attached hydrogen (secondary N) is 1. The number of rotatable bonds is 7. The summed E-state index contributed by atoms with van der Waals surface area (Å²) < 4.78 is 11.5. The van der Waals surface area contributed by atoms with Crippen molar-refractivity contribution >= 4 is 38.5 Å². The van der Waals surface area contributed by atoms with Gasteiger partial charge in [-0.1, -0.05) is 11.3 Å². The Bertz CT molecular complexity index is 807. The normalized spacial score (nSPS) is 18.3. The van der Waals surface area contributed by atoms with Crippen LogP contribution in [-0.2, 0) is 14.3 Å². The van der Waals surface area contributed by atoms with Crippen LogP contribution in [0.4, 0.5) is 5.13 Å². The van der Waals surface area contributed by atoms with E-state index >= 15 is 0 Å². The Morgan fingerprint density at radius 2 is 2.31 bits per heavy atom. The average Bonchev–Trinajstić information content (AvgIpc) is 3.18. The molecule has 2 atom stereocenters. The van der Waals surface area contributed by atoms with Crippen molar-refractivity contribution in [3.8, 4) is 5.75 Å². The highest BCUT2D eigenvalue weighted by Gasteiger charge is 2.36. The first-order chi connectivity index (χ1) is 12.5. The van der Waals surface area contributed by atoms with Gasteiger partial charge in [0, 0.05) is 20.1 Å². The zero-order valence-electron chi connectivity index (χ0n) is 15.2. The second-order valence-electron chi connectivity index (χ2n) is 6.32. The molecule has 0 bridgehead atoms. The van der Waals surface area contributed by atoms with Crippen LogP contribution in [0.2, 0.25) is 0 Å². The van der Waals surface area contributed by atoms with Crippen molar-refractivity contribution in [2.75, 3.05) is 32.2 Å². The smallest absolute Gasteiger partial charge is 0.231 e. The number of carbonyl (C=O) groups is 2. The largest absolute Gasteiger partial charge is 0.494 e. The molecule has 1 aromatic carbocycles. The van der Waals surface area contributed by atoms with Crippen LogP contribution in [0.3, 0.4) is 0 Å². The Balaban J connectivity index is 1.66. The lowest BCUT2D eigenvalue weighted by Gasteiger charge is -2.23. The van der Waals surface area contributed by atoms with Gasteiger partial charge in [0.1, 0.15) is 5.75 Å². The van der Waals surface area contributed by atoms with Gasteiger partial charge in [0.05, 0.1) is 35.4 Å². The number of carbonyl (C=O) groups excluding carboxylic acids is 2. The van der Waals surface area contributed by atoms with Crippen LogP contribution in [0.25, 0.3) is 10.2 Å². The number of methoxy groups -OCH3 is 1. The number of hydrogen-bond acceptors (Lipinski definition) is 6. The number of anilines is 1. The van der Waals surface area contributed by atoms with Crippen LogP contribution < -0.4 is 10.1 Å². The molecule has 0 unspecified atom stereocenters. The molecule has 1 aliphatic heterocycles. The van der Waals surface area contributed by atoms with Crippen LogP contribution in [0.15, 0.2) is 18.2 Å². The van der Waals surface area contributed by atoms with Crippen LogP contribution in [0.5, 0.6) is 5.75 Å². The van der Waals surface area contributed by atoms with E-state index in [-0.39, 0.29) is 30.2 Å². The Labute approximate surface area is 156 Å². The number of fused-ring (bicyclic) bond motifs is 1. The van der Waals surface area contributed by atoms with Gasteiger partial charge in [0.15, 0.2) is 5.13 Å². The summed E-state index contributed by atoms with van der Waals surface area (Å²) in [4.78, 5) is 30.9. The van der Waals surface area contributed by atoms with Gasteiger partial charge in [-0.25, -0.2) is 4.98 Å². The minimum Gasteiger partial charge on any atom is -0.494 e. The van der Waals surface area contributed by atoms with Crippen molar-refractivity contribution in [1.29, 1.82) is 0 Å². The highest BCUT2D eigenvalue weighted by atomic mass is 32.1. The maximum Gasteiger partial charge on any atom is 0.231 e. The molecule has 2 heterocycles. The second-order valence-corrected chi connectivity index (χ2v) is 7.35. The Kier molecular flexibility index (Phi) is 5.73. The number of nitrogens with zero attached hydrogens (tertiary/aromatic N) is 2. The zero-order chi connectivity index (χ0) is 18.7. The highest BCUT2D eigenvalue weighted by Crippen LogP contribution is 2.30. The van der Waals surface area contributed by atoms with Gasteiger partial charge in [0.2, 0.25) is 11.8 Å². The van der Waals surface area contributed by atoms with E-state index in [4.69, 9.17) is 9.47 Å². The van der Waals surface area contributed by atoms with E-state index in [1.807, 2.05) is 32.0 Å². The molecule has 0 radical (unpaired) electrons. The standard InChI is InChI=1S/C18H23N3O4S/c1-4-25-13-5-6-14-15(8-13)26-18(19-14)20-17(23)12-7-16(22)21(9-12)11(2)10-24-3/h5-6,8,11-12H,4,7,9-10H2,1-3H3,(H,19,20,23)/t11-,12+/m1/s1. The summed E-state index contributed by atoms with van der Waals surface area (Å²) in [5.41, 5.74) is 0.812. The van der Waals surface area contributed by atoms with Crippen molar-refractivity contribution in [1.82, 2.24) is 9.88 Å². The molecule has 1 N–H and O–H groups in total. The molecule has 26 heavy (non-hydrogen) atoms. The number of benzene rings is 1. The first kappa shape index (κ1) is 18.6. The van der Waals surface area contributed by atoms with Crippen molar-refractivity contribution in [3.05, 3.63) is 18.2 Å². The molecule has 2 aromatic rings. The quantitative estimate of drug-likeness (QED) is 0.802. The maximum absolute atomic E-state index is 12.6. The molecule has 1 fully saturated rings. The molecule has 0 aliphatic carbocycles. The van der Waals surface area contributed by atoms with E-state index in [9.17, 15) is 9.59 Å². The molecule has 1 aromatic heterocycles. The third kappa shape index (κ3) is 3.96. The molecular formula is C18H23N3O4S. The fourth-order valence-electron chi connectivity index (χ4n) is 3.09. The van der Waals surface area contributed by atoms with Gasteiger partial charge in [0.25, 0.3) is 0 Å². The lowest BCUT2D eigenvalue weighted by molar-refractivity contribution is -0.130. The number of thiazole rings is 1. The fraction of sp³-hybridized carbons (Fsp3) is 0.500. The van der Waals surface area contributed by atoms with Crippen molar-refractivity contribution in [3.63, 3.8) is 0 Å². The SMILES string of the molecule is CCOc1ccc2nc(NC(=O)[C@H]3CC(=O)N([C@H](C)COC)C3)sc2c1. The van der Waals surface area contributed by atoms with E-state index in [0.29, 0.717) is 24.9 Å². The average molecular weight is 377 g/mol. The first-order valence-corrected chi connectivity index (χ1v) is 9.46. The third-order valence-corrected chi connectivity index (χ3v) is 5.30. The lowest BCUT2D eigenvalue weighted by atomic mass is 10.1. The second kappa shape index (κ2) is 8.01. The number of hydrogen-bond donors (Lipinski definition) is 1. The summed E-state index contributed by atoms with van der Waals surface area (Å²) in [6.45, 7) is 5.32. The Morgan fingerprint density at radius 1 is 1.50 bits per heavy atom. The van der Waals surface area contributed by atoms with Crippen molar-refractivity contribution in [2.45, 2.75) is 26.3 Å². The summed E-state index contributed by atoms with van der Waals surface area (Å²) in [6.07, 6.45) is 0.221. The van der Waals surface area contributed by atoms with Crippen LogP contribution >= 0.6 is 11.3 Å². The summed E-state index contributed by atoms with van der Waals surface area (Å²) in [5, 5.41) is 3.39. The molecule has 1 aliphatic rings. The summed E-state index contributed by atoms with van der Waals surface area (Å²) >= 11 is 1.40. The van der Waals surface area contributed by atoms with Gasteiger partial charge >= 0.3 is 0 Å². The van der Waals surface area contributed by atoms with E-state index in [0.717, 1.165) is 16.0 Å². The fourth-order valence-corrected chi connectivity index (χ4v) is 3.98. The summed E-state index contributed by atoms with van der Waals surface area (Å²) in [7, 11) is 1.60.